The van der Waals surface area contributed by atoms with E-state index >= 15 is 0 Å². The van der Waals surface area contributed by atoms with Gasteiger partial charge < -0.3 is 4.57 Å². The largest absolute Gasteiger partial charge is 0.309 e. The zero-order valence-electron chi connectivity index (χ0n) is 29.5. The first-order chi connectivity index (χ1) is 27.2. The number of benzene rings is 5. The third-order valence-corrected chi connectivity index (χ3v) is 9.81. The van der Waals surface area contributed by atoms with E-state index in [1.807, 2.05) is 79.1 Å². The van der Waals surface area contributed by atoms with Crippen molar-refractivity contribution < 1.29 is 0 Å². The summed E-state index contributed by atoms with van der Waals surface area (Å²) in [4.78, 5) is 29.0. The van der Waals surface area contributed by atoms with Crippen LogP contribution < -0.4 is 0 Å². The summed E-state index contributed by atoms with van der Waals surface area (Å²) in [5, 5.41) is 2.41. The molecular weight excluding hydrogens is 675 g/mol. The smallest absolute Gasteiger partial charge is 0.164 e. The predicted molar refractivity (Wildman–Crippen MR) is 220 cm³/mol. The summed E-state index contributed by atoms with van der Waals surface area (Å²) in [6.45, 7) is 0. The maximum absolute atomic E-state index is 5.15. The molecule has 10 aromatic rings. The SMILES string of the molecule is c1ccc(-c2nc(-c3cccc(-c4ccc5c(c4)c4ccccc4n5-c4ccccc4)c3)nc(-c3cc(-c4cccnc4)nc(-c4cccnc4)c3)n2)cc1. The van der Waals surface area contributed by atoms with Crippen LogP contribution in [0.15, 0.2) is 189 Å². The second-order valence-corrected chi connectivity index (χ2v) is 13.3. The molecule has 0 radical (unpaired) electrons. The van der Waals surface area contributed by atoms with E-state index in [-0.39, 0.29) is 0 Å². The van der Waals surface area contributed by atoms with Crippen LogP contribution in [0.4, 0.5) is 0 Å². The first-order valence-electron chi connectivity index (χ1n) is 18.1. The van der Waals surface area contributed by atoms with Gasteiger partial charge in [0, 0.05) is 69.1 Å². The lowest BCUT2D eigenvalue weighted by Gasteiger charge is -2.12. The standard InChI is InChI=1S/C48H31N7/c1-3-12-32(13-4-1)46-52-47(54-48(53-46)38-28-42(36-16-10-24-49-30-36)51-43(29-38)37-17-11-25-50-31-37)35-15-9-14-33(26-35)34-22-23-45-41(27-34)40-20-7-8-21-44(40)55(45)39-18-5-2-6-19-39/h1-31H. The summed E-state index contributed by atoms with van der Waals surface area (Å²) in [5.74, 6) is 1.71. The van der Waals surface area contributed by atoms with Crippen molar-refractivity contribution in [2.75, 3.05) is 0 Å². The quantitative estimate of drug-likeness (QED) is 0.164. The normalized spacial score (nSPS) is 11.3. The zero-order chi connectivity index (χ0) is 36.6. The molecule has 0 fully saturated rings. The summed E-state index contributed by atoms with van der Waals surface area (Å²) in [7, 11) is 0. The van der Waals surface area contributed by atoms with Crippen LogP contribution >= 0.6 is 0 Å². The maximum Gasteiger partial charge on any atom is 0.164 e. The second-order valence-electron chi connectivity index (χ2n) is 13.3. The molecular formula is C48H31N7. The number of aromatic nitrogens is 7. The van der Waals surface area contributed by atoms with Gasteiger partial charge in [-0.05, 0) is 83.9 Å². The van der Waals surface area contributed by atoms with Crippen molar-refractivity contribution in [3.8, 4) is 73.5 Å². The molecule has 0 saturated heterocycles. The van der Waals surface area contributed by atoms with Gasteiger partial charge >= 0.3 is 0 Å². The molecule has 5 aromatic heterocycles. The topological polar surface area (TPSA) is 82.3 Å². The van der Waals surface area contributed by atoms with E-state index in [9.17, 15) is 0 Å². The van der Waals surface area contributed by atoms with E-state index < -0.39 is 0 Å². The van der Waals surface area contributed by atoms with Crippen LogP contribution in [0.25, 0.3) is 95.3 Å². The van der Waals surface area contributed by atoms with Crippen LogP contribution in [-0.4, -0.2) is 34.5 Å². The molecule has 0 saturated carbocycles. The Morgan fingerprint density at radius 2 is 0.873 bits per heavy atom. The van der Waals surface area contributed by atoms with E-state index in [1.54, 1.807) is 12.4 Å². The fourth-order valence-corrected chi connectivity index (χ4v) is 7.18. The van der Waals surface area contributed by atoms with Gasteiger partial charge in [0.05, 0.1) is 22.4 Å². The molecule has 0 aliphatic carbocycles. The van der Waals surface area contributed by atoms with Crippen LogP contribution in [0.1, 0.15) is 0 Å². The Morgan fingerprint density at radius 3 is 1.56 bits per heavy atom. The van der Waals surface area contributed by atoms with Gasteiger partial charge in [0.1, 0.15) is 0 Å². The Bertz CT molecular complexity index is 2910. The summed E-state index contributed by atoms with van der Waals surface area (Å²) in [6, 6.07) is 56.2. The molecule has 0 atom stereocenters. The van der Waals surface area contributed by atoms with Gasteiger partial charge in [0.2, 0.25) is 0 Å². The first kappa shape index (κ1) is 32.0. The molecule has 0 bridgehead atoms. The van der Waals surface area contributed by atoms with Gasteiger partial charge in [0.15, 0.2) is 17.5 Å². The van der Waals surface area contributed by atoms with Gasteiger partial charge in [-0.25, -0.2) is 19.9 Å². The fraction of sp³-hybridized carbons (Fsp3) is 0. The van der Waals surface area contributed by atoms with Crippen molar-refractivity contribution in [3.05, 3.63) is 189 Å². The lowest BCUT2D eigenvalue weighted by atomic mass is 10.0. The van der Waals surface area contributed by atoms with Crippen LogP contribution in [0.3, 0.4) is 0 Å². The van der Waals surface area contributed by atoms with Crippen molar-refractivity contribution in [1.82, 2.24) is 34.5 Å². The third-order valence-electron chi connectivity index (χ3n) is 9.81. The molecule has 0 aliphatic heterocycles. The molecule has 5 heterocycles. The van der Waals surface area contributed by atoms with Gasteiger partial charge in [-0.3, -0.25) is 9.97 Å². The van der Waals surface area contributed by atoms with Crippen LogP contribution in [0.5, 0.6) is 0 Å². The Labute approximate surface area is 317 Å². The van der Waals surface area contributed by atoms with Crippen LogP contribution in [-0.2, 0) is 0 Å². The molecule has 0 aliphatic rings. The summed E-state index contributed by atoms with van der Waals surface area (Å²) in [6.07, 6.45) is 7.15. The van der Waals surface area contributed by atoms with Gasteiger partial charge in [-0.2, -0.15) is 0 Å². The molecule has 0 spiro atoms. The highest BCUT2D eigenvalue weighted by Crippen LogP contribution is 2.36. The first-order valence-corrected chi connectivity index (χ1v) is 18.1. The molecule has 7 heteroatoms. The van der Waals surface area contributed by atoms with Crippen LogP contribution in [0.2, 0.25) is 0 Å². The lowest BCUT2D eigenvalue weighted by molar-refractivity contribution is 1.07. The minimum Gasteiger partial charge on any atom is -0.309 e. The van der Waals surface area contributed by atoms with Gasteiger partial charge in [-0.1, -0.05) is 91.0 Å². The van der Waals surface area contributed by atoms with E-state index in [1.165, 1.54) is 16.3 Å². The van der Waals surface area contributed by atoms with Crippen molar-refractivity contribution in [3.63, 3.8) is 0 Å². The minimum absolute atomic E-state index is 0.544. The van der Waals surface area contributed by atoms with Gasteiger partial charge in [0.25, 0.3) is 0 Å². The monoisotopic (exact) mass is 705 g/mol. The fourth-order valence-electron chi connectivity index (χ4n) is 7.18. The molecule has 55 heavy (non-hydrogen) atoms. The number of pyridine rings is 3. The minimum atomic E-state index is 0.544. The number of rotatable bonds is 7. The second kappa shape index (κ2) is 13.7. The van der Waals surface area contributed by atoms with Crippen molar-refractivity contribution in [1.29, 1.82) is 0 Å². The zero-order valence-corrected chi connectivity index (χ0v) is 29.5. The Morgan fingerprint density at radius 1 is 0.327 bits per heavy atom. The Balaban J connectivity index is 1.12. The highest BCUT2D eigenvalue weighted by molar-refractivity contribution is 6.10. The third kappa shape index (κ3) is 6.09. The molecule has 0 unspecified atom stereocenters. The predicted octanol–water partition coefficient (Wildman–Crippen LogP) is 11.2. The molecule has 10 rings (SSSR count). The van der Waals surface area contributed by atoms with Crippen molar-refractivity contribution in [2.24, 2.45) is 0 Å². The number of fused-ring (bicyclic) bond motifs is 3. The maximum atomic E-state index is 5.15. The molecule has 5 aromatic carbocycles. The average molecular weight is 706 g/mol. The van der Waals surface area contributed by atoms with E-state index in [0.717, 1.165) is 61.5 Å². The summed E-state index contributed by atoms with van der Waals surface area (Å²) >= 11 is 0. The molecule has 7 nitrogen and oxygen atoms in total. The Hall–Kier alpha value is -7.64. The average Bonchev–Trinajstić information content (AvgIpc) is 3.61. The molecule has 0 N–H and O–H groups in total. The van der Waals surface area contributed by atoms with Gasteiger partial charge in [-0.15, -0.1) is 0 Å². The van der Waals surface area contributed by atoms with E-state index in [0.29, 0.717) is 17.5 Å². The van der Waals surface area contributed by atoms with Crippen molar-refractivity contribution in [2.45, 2.75) is 0 Å². The number of hydrogen-bond donors (Lipinski definition) is 0. The van der Waals surface area contributed by atoms with E-state index in [4.69, 9.17) is 19.9 Å². The highest BCUT2D eigenvalue weighted by Gasteiger charge is 2.17. The number of nitrogens with zero attached hydrogens (tertiary/aromatic N) is 7. The Kier molecular flexibility index (Phi) is 8.00. The van der Waals surface area contributed by atoms with Crippen LogP contribution in [0, 0.1) is 0 Å². The van der Waals surface area contributed by atoms with Crippen molar-refractivity contribution >= 4 is 21.8 Å². The van der Waals surface area contributed by atoms with E-state index in [2.05, 4.69) is 112 Å². The number of para-hydroxylation sites is 2. The lowest BCUT2D eigenvalue weighted by Crippen LogP contribution is -2.01. The number of hydrogen-bond acceptors (Lipinski definition) is 6. The molecule has 258 valence electrons. The summed E-state index contributed by atoms with van der Waals surface area (Å²) < 4.78 is 2.33. The highest BCUT2D eigenvalue weighted by atomic mass is 15.0. The molecule has 0 amide bonds. The summed E-state index contributed by atoms with van der Waals surface area (Å²) in [5.41, 5.74) is 11.6.